The highest BCUT2D eigenvalue weighted by molar-refractivity contribution is 6.06. The standard InChI is InChI=1S/C11H16N6O/c1-5(2)9-8(12)10(17-16-9)11(18)13-7-4-6(3)14-15-7/h4-5H,12H2,1-3H3,(H,16,17)(H2,13,14,15,18). The average Bonchev–Trinajstić information content (AvgIpc) is 2.85. The van der Waals surface area contributed by atoms with Crippen molar-refractivity contribution >= 4 is 17.4 Å². The van der Waals surface area contributed by atoms with Gasteiger partial charge in [0.1, 0.15) is 0 Å². The van der Waals surface area contributed by atoms with Crippen molar-refractivity contribution in [3.63, 3.8) is 0 Å². The van der Waals surface area contributed by atoms with Crippen molar-refractivity contribution in [3.8, 4) is 0 Å². The summed E-state index contributed by atoms with van der Waals surface area (Å²) in [6.45, 7) is 5.80. The normalized spacial score (nSPS) is 10.9. The van der Waals surface area contributed by atoms with E-state index >= 15 is 0 Å². The number of carbonyl (C=O) groups is 1. The first kappa shape index (κ1) is 12.2. The molecule has 0 aliphatic heterocycles. The van der Waals surface area contributed by atoms with Crippen LogP contribution in [0.5, 0.6) is 0 Å². The monoisotopic (exact) mass is 248 g/mol. The molecular weight excluding hydrogens is 232 g/mol. The Hall–Kier alpha value is -2.31. The number of hydrogen-bond donors (Lipinski definition) is 4. The van der Waals surface area contributed by atoms with Crippen LogP contribution < -0.4 is 11.1 Å². The molecule has 0 saturated carbocycles. The number of nitrogens with two attached hydrogens (primary N) is 1. The molecular formula is C11H16N6O. The molecule has 0 aliphatic carbocycles. The topological polar surface area (TPSA) is 112 Å². The van der Waals surface area contributed by atoms with Crippen molar-refractivity contribution in [1.29, 1.82) is 0 Å². The summed E-state index contributed by atoms with van der Waals surface area (Å²) in [4.78, 5) is 12.0. The lowest BCUT2D eigenvalue weighted by atomic mass is 10.1. The van der Waals surface area contributed by atoms with Gasteiger partial charge in [0.05, 0.1) is 11.4 Å². The number of aromatic nitrogens is 4. The van der Waals surface area contributed by atoms with Crippen molar-refractivity contribution in [2.24, 2.45) is 0 Å². The molecule has 0 radical (unpaired) electrons. The fraction of sp³-hybridized carbons (Fsp3) is 0.364. The molecule has 7 heteroatoms. The Morgan fingerprint density at radius 2 is 2.11 bits per heavy atom. The third-order valence-corrected chi connectivity index (χ3v) is 2.57. The molecule has 7 nitrogen and oxygen atoms in total. The van der Waals surface area contributed by atoms with Crippen LogP contribution in [0, 0.1) is 6.92 Å². The van der Waals surface area contributed by atoms with Gasteiger partial charge in [-0.2, -0.15) is 10.2 Å². The largest absolute Gasteiger partial charge is 0.395 e. The number of nitrogens with one attached hydrogen (secondary N) is 3. The minimum absolute atomic E-state index is 0.187. The number of amides is 1. The van der Waals surface area contributed by atoms with E-state index in [0.29, 0.717) is 11.5 Å². The van der Waals surface area contributed by atoms with Crippen LogP contribution in [0.3, 0.4) is 0 Å². The Morgan fingerprint density at radius 3 is 2.61 bits per heavy atom. The van der Waals surface area contributed by atoms with Crippen LogP contribution in [-0.4, -0.2) is 26.3 Å². The van der Waals surface area contributed by atoms with Gasteiger partial charge < -0.3 is 11.1 Å². The zero-order valence-corrected chi connectivity index (χ0v) is 10.5. The molecule has 0 fully saturated rings. The zero-order chi connectivity index (χ0) is 13.3. The van der Waals surface area contributed by atoms with Crippen LogP contribution in [0.2, 0.25) is 0 Å². The smallest absolute Gasteiger partial charge is 0.279 e. The van der Waals surface area contributed by atoms with E-state index in [9.17, 15) is 4.79 Å². The van der Waals surface area contributed by atoms with E-state index in [2.05, 4.69) is 25.7 Å². The molecule has 2 heterocycles. The lowest BCUT2D eigenvalue weighted by Crippen LogP contribution is -2.14. The fourth-order valence-electron chi connectivity index (χ4n) is 1.63. The summed E-state index contributed by atoms with van der Waals surface area (Å²) >= 11 is 0. The molecule has 0 aliphatic rings. The molecule has 0 bridgehead atoms. The van der Waals surface area contributed by atoms with Gasteiger partial charge in [0.2, 0.25) is 0 Å². The van der Waals surface area contributed by atoms with Gasteiger partial charge in [0, 0.05) is 11.8 Å². The minimum Gasteiger partial charge on any atom is -0.395 e. The van der Waals surface area contributed by atoms with Crippen LogP contribution in [0.15, 0.2) is 6.07 Å². The van der Waals surface area contributed by atoms with E-state index < -0.39 is 0 Å². The predicted molar refractivity (Wildman–Crippen MR) is 68.4 cm³/mol. The van der Waals surface area contributed by atoms with Crippen molar-refractivity contribution in [2.75, 3.05) is 11.1 Å². The molecule has 2 rings (SSSR count). The average molecular weight is 248 g/mol. The maximum Gasteiger partial charge on any atom is 0.279 e. The molecule has 18 heavy (non-hydrogen) atoms. The Bertz CT molecular complexity index is 568. The van der Waals surface area contributed by atoms with Crippen LogP contribution in [0.25, 0.3) is 0 Å². The summed E-state index contributed by atoms with van der Waals surface area (Å²) in [6, 6.07) is 1.73. The summed E-state index contributed by atoms with van der Waals surface area (Å²) < 4.78 is 0. The summed E-state index contributed by atoms with van der Waals surface area (Å²) in [6.07, 6.45) is 0. The molecule has 96 valence electrons. The van der Waals surface area contributed by atoms with E-state index in [1.165, 1.54) is 0 Å². The van der Waals surface area contributed by atoms with Gasteiger partial charge in [-0.3, -0.25) is 15.0 Å². The first-order chi connectivity index (χ1) is 8.49. The molecule has 2 aromatic heterocycles. The summed E-state index contributed by atoms with van der Waals surface area (Å²) in [5, 5.41) is 16.0. The highest BCUT2D eigenvalue weighted by Crippen LogP contribution is 2.22. The number of aryl methyl sites for hydroxylation is 1. The third-order valence-electron chi connectivity index (χ3n) is 2.57. The van der Waals surface area contributed by atoms with Crippen molar-refractivity contribution in [1.82, 2.24) is 20.4 Å². The summed E-state index contributed by atoms with van der Waals surface area (Å²) in [5.41, 5.74) is 8.09. The van der Waals surface area contributed by atoms with E-state index in [1.807, 2.05) is 20.8 Å². The van der Waals surface area contributed by atoms with E-state index in [1.54, 1.807) is 6.07 Å². The Balaban J connectivity index is 2.19. The van der Waals surface area contributed by atoms with Gasteiger partial charge in [-0.05, 0) is 12.8 Å². The molecule has 0 saturated heterocycles. The lowest BCUT2D eigenvalue weighted by molar-refractivity contribution is 0.102. The summed E-state index contributed by atoms with van der Waals surface area (Å²) in [5.74, 6) is 0.264. The minimum atomic E-state index is -0.373. The SMILES string of the molecule is Cc1cc(NC(=O)c2n[nH]c(C(C)C)c2N)n[nH]1. The van der Waals surface area contributed by atoms with Crippen molar-refractivity contribution in [2.45, 2.75) is 26.7 Å². The first-order valence-corrected chi connectivity index (χ1v) is 5.66. The molecule has 0 aromatic carbocycles. The number of nitrogen functional groups attached to an aromatic ring is 1. The molecule has 2 aromatic rings. The van der Waals surface area contributed by atoms with Crippen LogP contribution in [-0.2, 0) is 0 Å². The van der Waals surface area contributed by atoms with Crippen molar-refractivity contribution < 1.29 is 4.79 Å². The highest BCUT2D eigenvalue weighted by Gasteiger charge is 2.19. The van der Waals surface area contributed by atoms with Gasteiger partial charge in [0.25, 0.3) is 5.91 Å². The Labute approximate surface area is 104 Å². The quantitative estimate of drug-likeness (QED) is 0.657. The third kappa shape index (κ3) is 2.20. The van der Waals surface area contributed by atoms with Gasteiger partial charge >= 0.3 is 0 Å². The summed E-state index contributed by atoms with van der Waals surface area (Å²) in [7, 11) is 0. The van der Waals surface area contributed by atoms with Crippen LogP contribution in [0.4, 0.5) is 11.5 Å². The Morgan fingerprint density at radius 1 is 1.39 bits per heavy atom. The number of aromatic amines is 2. The number of carbonyl (C=O) groups excluding carboxylic acids is 1. The number of hydrogen-bond acceptors (Lipinski definition) is 4. The predicted octanol–water partition coefficient (Wildman–Crippen LogP) is 1.40. The van der Waals surface area contributed by atoms with Gasteiger partial charge in [-0.1, -0.05) is 13.8 Å². The van der Waals surface area contributed by atoms with E-state index in [4.69, 9.17) is 5.73 Å². The molecule has 0 atom stereocenters. The maximum absolute atomic E-state index is 12.0. The molecule has 0 unspecified atom stereocenters. The van der Waals surface area contributed by atoms with Gasteiger partial charge in [0.15, 0.2) is 11.5 Å². The number of nitrogens with zero attached hydrogens (tertiary/aromatic N) is 2. The van der Waals surface area contributed by atoms with Crippen molar-refractivity contribution in [3.05, 3.63) is 23.1 Å². The van der Waals surface area contributed by atoms with E-state index in [-0.39, 0.29) is 17.5 Å². The first-order valence-electron chi connectivity index (χ1n) is 5.66. The second-order valence-corrected chi connectivity index (χ2v) is 4.44. The second kappa shape index (κ2) is 4.52. The molecule has 5 N–H and O–H groups in total. The Kier molecular flexibility index (Phi) is 3.05. The van der Waals surface area contributed by atoms with Gasteiger partial charge in [-0.25, -0.2) is 0 Å². The second-order valence-electron chi connectivity index (χ2n) is 4.44. The van der Waals surface area contributed by atoms with Gasteiger partial charge in [-0.15, -0.1) is 0 Å². The number of H-pyrrole nitrogens is 2. The molecule has 1 amide bonds. The highest BCUT2D eigenvalue weighted by atomic mass is 16.2. The molecule has 0 spiro atoms. The van der Waals surface area contributed by atoms with E-state index in [0.717, 1.165) is 11.4 Å². The maximum atomic E-state index is 12.0. The number of anilines is 2. The van der Waals surface area contributed by atoms with Crippen LogP contribution >= 0.6 is 0 Å². The number of rotatable bonds is 3. The zero-order valence-electron chi connectivity index (χ0n) is 10.5. The lowest BCUT2D eigenvalue weighted by Gasteiger charge is -2.02. The van der Waals surface area contributed by atoms with Crippen LogP contribution in [0.1, 0.15) is 41.6 Å². The fourth-order valence-corrected chi connectivity index (χ4v) is 1.63.